The molecule has 1 aromatic rings. The third-order valence-electron chi connectivity index (χ3n) is 3.28. The van der Waals surface area contributed by atoms with E-state index in [1.54, 1.807) is 0 Å². The van der Waals surface area contributed by atoms with Gasteiger partial charge < -0.3 is 10.5 Å². The number of hydrogen-bond acceptors (Lipinski definition) is 3. The molecule has 2 rings (SSSR count). The molecule has 0 unspecified atom stereocenters. The molecule has 1 fully saturated rings. The van der Waals surface area contributed by atoms with E-state index in [0.29, 0.717) is 6.54 Å². The van der Waals surface area contributed by atoms with E-state index in [4.69, 9.17) is 10.5 Å². The number of nitrogens with zero attached hydrogens (tertiary/aromatic N) is 1. The largest absolute Gasteiger partial charge is 0.492 e. The van der Waals surface area contributed by atoms with E-state index in [-0.39, 0.29) is 0 Å². The quantitative estimate of drug-likeness (QED) is 0.847. The lowest BCUT2D eigenvalue weighted by Gasteiger charge is -2.26. The molecule has 0 spiro atoms. The molecular weight excluding hydrogens is 212 g/mol. The van der Waals surface area contributed by atoms with Crippen LogP contribution in [0.15, 0.2) is 24.3 Å². The molecule has 2 N–H and O–H groups in total. The summed E-state index contributed by atoms with van der Waals surface area (Å²) < 4.78 is 5.73. The van der Waals surface area contributed by atoms with E-state index >= 15 is 0 Å². The minimum Gasteiger partial charge on any atom is -0.492 e. The van der Waals surface area contributed by atoms with Crippen LogP contribution in [0, 0.1) is 0 Å². The average Bonchev–Trinajstić information content (AvgIpc) is 2.41. The third-order valence-corrected chi connectivity index (χ3v) is 3.28. The molecule has 0 atom stereocenters. The molecule has 3 heteroatoms. The number of piperidine rings is 1. The molecule has 0 bridgehead atoms. The number of likely N-dealkylation sites (tertiary alicyclic amines) is 1. The highest BCUT2D eigenvalue weighted by Crippen LogP contribution is 2.12. The minimum absolute atomic E-state index is 0.591. The Morgan fingerprint density at radius 2 is 1.76 bits per heavy atom. The number of benzene rings is 1. The van der Waals surface area contributed by atoms with Crippen LogP contribution in [-0.2, 0) is 6.54 Å². The normalized spacial score (nSPS) is 17.0. The lowest BCUT2D eigenvalue weighted by atomic mass is 10.1. The molecule has 0 aromatic heterocycles. The molecule has 0 aliphatic carbocycles. The van der Waals surface area contributed by atoms with Gasteiger partial charge in [-0.15, -0.1) is 0 Å². The highest BCUT2D eigenvalue weighted by atomic mass is 16.5. The molecule has 94 valence electrons. The van der Waals surface area contributed by atoms with Crippen LogP contribution >= 0.6 is 0 Å². The molecule has 0 saturated carbocycles. The van der Waals surface area contributed by atoms with Crippen molar-refractivity contribution in [3.8, 4) is 5.75 Å². The van der Waals surface area contributed by atoms with Crippen molar-refractivity contribution < 1.29 is 4.74 Å². The molecule has 0 amide bonds. The fraction of sp³-hybridized carbons (Fsp3) is 0.571. The van der Waals surface area contributed by atoms with Crippen molar-refractivity contribution in [2.75, 3.05) is 26.2 Å². The second-order valence-corrected chi connectivity index (χ2v) is 4.60. The maximum atomic E-state index is 5.73. The summed E-state index contributed by atoms with van der Waals surface area (Å²) in [4.78, 5) is 2.48. The predicted octanol–water partition coefficient (Wildman–Crippen LogP) is 2.01. The van der Waals surface area contributed by atoms with Crippen LogP contribution in [0.3, 0.4) is 0 Å². The standard InChI is InChI=1S/C14H22N2O/c15-12-13-4-6-14(7-5-13)17-11-10-16-8-2-1-3-9-16/h4-7H,1-3,8-12,15H2. The topological polar surface area (TPSA) is 38.5 Å². The molecule has 17 heavy (non-hydrogen) atoms. The van der Waals surface area contributed by atoms with Crippen LogP contribution in [0.2, 0.25) is 0 Å². The average molecular weight is 234 g/mol. The van der Waals surface area contributed by atoms with Crippen molar-refractivity contribution in [3.05, 3.63) is 29.8 Å². The fourth-order valence-electron chi connectivity index (χ4n) is 2.20. The summed E-state index contributed by atoms with van der Waals surface area (Å²) in [5.41, 5.74) is 6.70. The Bertz CT molecular complexity index is 317. The van der Waals surface area contributed by atoms with E-state index < -0.39 is 0 Å². The Labute approximate surface area is 104 Å². The first-order valence-corrected chi connectivity index (χ1v) is 6.52. The summed E-state index contributed by atoms with van der Waals surface area (Å²) >= 11 is 0. The van der Waals surface area contributed by atoms with E-state index in [1.165, 1.54) is 32.4 Å². The SMILES string of the molecule is NCc1ccc(OCCN2CCCCC2)cc1. The summed E-state index contributed by atoms with van der Waals surface area (Å²) in [6, 6.07) is 8.04. The van der Waals surface area contributed by atoms with Gasteiger partial charge in [0.15, 0.2) is 0 Å². The summed E-state index contributed by atoms with van der Waals surface area (Å²) in [6.07, 6.45) is 4.06. The Morgan fingerprint density at radius 1 is 1.06 bits per heavy atom. The van der Waals surface area contributed by atoms with Crippen LogP contribution in [0.25, 0.3) is 0 Å². The molecule has 1 aromatic carbocycles. The molecular formula is C14H22N2O. The number of hydrogen-bond donors (Lipinski definition) is 1. The van der Waals surface area contributed by atoms with Crippen LogP contribution in [0.5, 0.6) is 5.75 Å². The highest BCUT2D eigenvalue weighted by Gasteiger charge is 2.09. The van der Waals surface area contributed by atoms with E-state index in [9.17, 15) is 0 Å². The molecule has 1 heterocycles. The molecule has 1 aliphatic rings. The maximum Gasteiger partial charge on any atom is 0.119 e. The van der Waals surface area contributed by atoms with Gasteiger partial charge in [0.25, 0.3) is 0 Å². The van der Waals surface area contributed by atoms with Crippen molar-refractivity contribution in [2.45, 2.75) is 25.8 Å². The second-order valence-electron chi connectivity index (χ2n) is 4.60. The van der Waals surface area contributed by atoms with Crippen LogP contribution in [0.1, 0.15) is 24.8 Å². The Balaban J connectivity index is 1.69. The van der Waals surface area contributed by atoms with Gasteiger partial charge in [0, 0.05) is 13.1 Å². The Hall–Kier alpha value is -1.06. The fourth-order valence-corrected chi connectivity index (χ4v) is 2.20. The number of ether oxygens (including phenoxy) is 1. The van der Waals surface area contributed by atoms with Crippen molar-refractivity contribution in [1.82, 2.24) is 4.90 Å². The van der Waals surface area contributed by atoms with Gasteiger partial charge in [-0.25, -0.2) is 0 Å². The summed E-state index contributed by atoms with van der Waals surface area (Å²) in [5.74, 6) is 0.944. The van der Waals surface area contributed by atoms with Gasteiger partial charge >= 0.3 is 0 Å². The number of rotatable bonds is 5. The van der Waals surface area contributed by atoms with Crippen molar-refractivity contribution >= 4 is 0 Å². The molecule has 0 radical (unpaired) electrons. The predicted molar refractivity (Wildman–Crippen MR) is 70.1 cm³/mol. The molecule has 1 saturated heterocycles. The monoisotopic (exact) mass is 234 g/mol. The van der Waals surface area contributed by atoms with Gasteiger partial charge in [0.05, 0.1) is 0 Å². The van der Waals surface area contributed by atoms with Gasteiger partial charge in [0.1, 0.15) is 12.4 Å². The summed E-state index contributed by atoms with van der Waals surface area (Å²) in [6.45, 7) is 4.87. The Morgan fingerprint density at radius 3 is 2.41 bits per heavy atom. The summed E-state index contributed by atoms with van der Waals surface area (Å²) in [5, 5.41) is 0. The smallest absolute Gasteiger partial charge is 0.119 e. The highest BCUT2D eigenvalue weighted by molar-refractivity contribution is 5.27. The van der Waals surface area contributed by atoms with E-state index in [0.717, 1.165) is 24.5 Å². The van der Waals surface area contributed by atoms with Crippen LogP contribution < -0.4 is 10.5 Å². The summed E-state index contributed by atoms with van der Waals surface area (Å²) in [7, 11) is 0. The number of nitrogens with two attached hydrogens (primary N) is 1. The molecule has 3 nitrogen and oxygen atoms in total. The third kappa shape index (κ3) is 4.02. The van der Waals surface area contributed by atoms with Crippen molar-refractivity contribution in [1.29, 1.82) is 0 Å². The minimum atomic E-state index is 0.591. The van der Waals surface area contributed by atoms with Gasteiger partial charge in [-0.3, -0.25) is 4.90 Å². The van der Waals surface area contributed by atoms with Crippen LogP contribution in [0.4, 0.5) is 0 Å². The zero-order chi connectivity index (χ0) is 11.9. The van der Waals surface area contributed by atoms with Gasteiger partial charge in [0.2, 0.25) is 0 Å². The zero-order valence-electron chi connectivity index (χ0n) is 10.4. The van der Waals surface area contributed by atoms with Crippen LogP contribution in [-0.4, -0.2) is 31.1 Å². The van der Waals surface area contributed by atoms with Crippen molar-refractivity contribution in [3.63, 3.8) is 0 Å². The van der Waals surface area contributed by atoms with Gasteiger partial charge in [-0.1, -0.05) is 18.6 Å². The first kappa shape index (κ1) is 12.4. The second kappa shape index (κ2) is 6.62. The lowest BCUT2D eigenvalue weighted by molar-refractivity contribution is 0.183. The van der Waals surface area contributed by atoms with Gasteiger partial charge in [-0.05, 0) is 43.6 Å². The molecule has 1 aliphatic heterocycles. The lowest BCUT2D eigenvalue weighted by Crippen LogP contribution is -2.33. The van der Waals surface area contributed by atoms with E-state index in [2.05, 4.69) is 4.90 Å². The maximum absolute atomic E-state index is 5.73. The first-order chi connectivity index (χ1) is 8.38. The Kier molecular flexibility index (Phi) is 4.83. The first-order valence-electron chi connectivity index (χ1n) is 6.52. The van der Waals surface area contributed by atoms with E-state index in [1.807, 2.05) is 24.3 Å². The zero-order valence-corrected chi connectivity index (χ0v) is 10.4. The van der Waals surface area contributed by atoms with Crippen molar-refractivity contribution in [2.24, 2.45) is 5.73 Å². The van der Waals surface area contributed by atoms with Gasteiger partial charge in [-0.2, -0.15) is 0 Å².